The zero-order valence-electron chi connectivity index (χ0n) is 10.1. The molecule has 0 aliphatic heterocycles. The SMILES string of the molecule is CNc1nc(Cl)nc(OC2CCCC(C)C2)n1. The van der Waals surface area contributed by atoms with Gasteiger partial charge in [-0.1, -0.05) is 13.3 Å². The maximum atomic E-state index is 5.79. The molecule has 17 heavy (non-hydrogen) atoms. The van der Waals surface area contributed by atoms with Crippen molar-refractivity contribution in [1.29, 1.82) is 0 Å². The molecule has 1 aliphatic rings. The number of anilines is 1. The molecule has 0 bridgehead atoms. The Morgan fingerprint density at radius 1 is 1.29 bits per heavy atom. The molecule has 5 nitrogen and oxygen atoms in total. The molecule has 1 heterocycles. The van der Waals surface area contributed by atoms with E-state index in [0.717, 1.165) is 12.8 Å². The summed E-state index contributed by atoms with van der Waals surface area (Å²) in [6, 6.07) is 0.313. The first kappa shape index (κ1) is 12.4. The van der Waals surface area contributed by atoms with Gasteiger partial charge in [0, 0.05) is 7.05 Å². The Labute approximate surface area is 106 Å². The molecule has 6 heteroatoms. The van der Waals surface area contributed by atoms with Crippen LogP contribution in [-0.4, -0.2) is 28.1 Å². The van der Waals surface area contributed by atoms with Gasteiger partial charge < -0.3 is 10.1 Å². The summed E-state index contributed by atoms with van der Waals surface area (Å²) in [5, 5.41) is 2.98. The fraction of sp³-hybridized carbons (Fsp3) is 0.727. The quantitative estimate of drug-likeness (QED) is 0.901. The molecule has 1 fully saturated rings. The van der Waals surface area contributed by atoms with E-state index in [1.807, 2.05) is 0 Å². The fourth-order valence-electron chi connectivity index (χ4n) is 2.13. The van der Waals surface area contributed by atoms with Gasteiger partial charge in [0.05, 0.1) is 0 Å². The number of aromatic nitrogens is 3. The van der Waals surface area contributed by atoms with Crippen LogP contribution in [0.25, 0.3) is 0 Å². The van der Waals surface area contributed by atoms with Crippen molar-refractivity contribution in [2.75, 3.05) is 12.4 Å². The van der Waals surface area contributed by atoms with Crippen molar-refractivity contribution in [3.05, 3.63) is 5.28 Å². The Morgan fingerprint density at radius 2 is 2.12 bits per heavy atom. The first-order chi connectivity index (χ1) is 8.17. The number of rotatable bonds is 3. The van der Waals surface area contributed by atoms with Crippen LogP contribution in [0.2, 0.25) is 5.28 Å². The van der Waals surface area contributed by atoms with Gasteiger partial charge >= 0.3 is 6.01 Å². The average molecular weight is 257 g/mol. The van der Waals surface area contributed by atoms with Crippen molar-refractivity contribution >= 4 is 17.5 Å². The predicted molar refractivity (Wildman–Crippen MR) is 66.4 cm³/mol. The van der Waals surface area contributed by atoms with Crippen LogP contribution in [0.5, 0.6) is 6.01 Å². The molecule has 0 aromatic carbocycles. The Balaban J connectivity index is 2.04. The van der Waals surface area contributed by atoms with Crippen molar-refractivity contribution in [3.8, 4) is 6.01 Å². The first-order valence-electron chi connectivity index (χ1n) is 5.93. The van der Waals surface area contributed by atoms with Crippen LogP contribution in [0.3, 0.4) is 0 Å². The fourth-order valence-corrected chi connectivity index (χ4v) is 2.28. The molecule has 1 aromatic heterocycles. The second kappa shape index (κ2) is 5.49. The molecule has 1 N–H and O–H groups in total. The van der Waals surface area contributed by atoms with Crippen molar-refractivity contribution < 1.29 is 4.74 Å². The van der Waals surface area contributed by atoms with E-state index in [2.05, 4.69) is 27.2 Å². The highest BCUT2D eigenvalue weighted by molar-refractivity contribution is 6.28. The number of nitrogens with one attached hydrogen (secondary N) is 1. The molecular weight excluding hydrogens is 240 g/mol. The smallest absolute Gasteiger partial charge is 0.322 e. The molecule has 0 amide bonds. The van der Waals surface area contributed by atoms with Crippen LogP contribution in [-0.2, 0) is 0 Å². The van der Waals surface area contributed by atoms with Gasteiger partial charge in [-0.3, -0.25) is 0 Å². The molecule has 94 valence electrons. The van der Waals surface area contributed by atoms with Crippen LogP contribution in [0.4, 0.5) is 5.95 Å². The lowest BCUT2D eigenvalue weighted by Crippen LogP contribution is -2.25. The third kappa shape index (κ3) is 3.43. The molecule has 1 aliphatic carbocycles. The number of hydrogen-bond donors (Lipinski definition) is 1. The second-order valence-electron chi connectivity index (χ2n) is 4.47. The minimum Gasteiger partial charge on any atom is -0.460 e. The lowest BCUT2D eigenvalue weighted by Gasteiger charge is -2.26. The average Bonchev–Trinajstić information content (AvgIpc) is 2.28. The minimum atomic E-state index is 0.156. The zero-order chi connectivity index (χ0) is 12.3. The molecule has 2 rings (SSSR count). The van der Waals surface area contributed by atoms with Gasteiger partial charge in [-0.05, 0) is 36.8 Å². The molecular formula is C11H17ClN4O. The van der Waals surface area contributed by atoms with Gasteiger partial charge in [-0.15, -0.1) is 0 Å². The maximum Gasteiger partial charge on any atom is 0.322 e. The summed E-state index contributed by atoms with van der Waals surface area (Å²) in [5.41, 5.74) is 0. The molecule has 0 radical (unpaired) electrons. The summed E-state index contributed by atoms with van der Waals surface area (Å²) in [7, 11) is 1.73. The van der Waals surface area contributed by atoms with E-state index in [9.17, 15) is 0 Å². The zero-order valence-corrected chi connectivity index (χ0v) is 10.9. The normalized spacial score (nSPS) is 24.4. The van der Waals surface area contributed by atoms with E-state index >= 15 is 0 Å². The molecule has 0 spiro atoms. The van der Waals surface area contributed by atoms with E-state index in [1.165, 1.54) is 12.8 Å². The van der Waals surface area contributed by atoms with E-state index in [1.54, 1.807) is 7.05 Å². The van der Waals surface area contributed by atoms with Crippen LogP contribution in [0.1, 0.15) is 32.6 Å². The van der Waals surface area contributed by atoms with E-state index in [0.29, 0.717) is 17.9 Å². The highest BCUT2D eigenvalue weighted by atomic mass is 35.5. The molecule has 2 unspecified atom stereocenters. The Bertz CT molecular complexity index is 388. The second-order valence-corrected chi connectivity index (χ2v) is 4.81. The predicted octanol–water partition coefficient (Wildman–Crippen LogP) is 2.52. The topological polar surface area (TPSA) is 59.9 Å². The van der Waals surface area contributed by atoms with Gasteiger partial charge in [0.15, 0.2) is 0 Å². The van der Waals surface area contributed by atoms with Crippen molar-refractivity contribution in [1.82, 2.24) is 15.0 Å². The summed E-state index contributed by atoms with van der Waals surface area (Å²) in [4.78, 5) is 12.0. The summed E-state index contributed by atoms with van der Waals surface area (Å²) >= 11 is 5.79. The van der Waals surface area contributed by atoms with Gasteiger partial charge in [-0.25, -0.2) is 0 Å². The summed E-state index contributed by atoms with van der Waals surface area (Å²) < 4.78 is 5.76. The van der Waals surface area contributed by atoms with Gasteiger partial charge in [0.2, 0.25) is 11.2 Å². The maximum absolute atomic E-state index is 5.79. The number of hydrogen-bond acceptors (Lipinski definition) is 5. The van der Waals surface area contributed by atoms with Crippen molar-refractivity contribution in [2.24, 2.45) is 5.92 Å². The number of ether oxygens (including phenoxy) is 1. The van der Waals surface area contributed by atoms with Crippen molar-refractivity contribution in [2.45, 2.75) is 38.7 Å². The largest absolute Gasteiger partial charge is 0.460 e. The highest BCUT2D eigenvalue weighted by Gasteiger charge is 2.21. The van der Waals surface area contributed by atoms with Crippen LogP contribution in [0, 0.1) is 5.92 Å². The van der Waals surface area contributed by atoms with Crippen molar-refractivity contribution in [3.63, 3.8) is 0 Å². The van der Waals surface area contributed by atoms with Crippen LogP contribution < -0.4 is 10.1 Å². The van der Waals surface area contributed by atoms with E-state index < -0.39 is 0 Å². The lowest BCUT2D eigenvalue weighted by molar-refractivity contribution is 0.118. The van der Waals surface area contributed by atoms with Gasteiger partial charge in [-0.2, -0.15) is 15.0 Å². The number of halogens is 1. The monoisotopic (exact) mass is 256 g/mol. The number of nitrogens with zero attached hydrogens (tertiary/aromatic N) is 3. The Hall–Kier alpha value is -1.10. The molecule has 2 atom stereocenters. The minimum absolute atomic E-state index is 0.156. The first-order valence-corrected chi connectivity index (χ1v) is 6.31. The highest BCUT2D eigenvalue weighted by Crippen LogP contribution is 2.26. The van der Waals surface area contributed by atoms with E-state index in [4.69, 9.17) is 16.3 Å². The third-order valence-electron chi connectivity index (χ3n) is 2.97. The molecule has 1 saturated carbocycles. The summed E-state index contributed by atoms with van der Waals surface area (Å²) in [6.07, 6.45) is 4.78. The van der Waals surface area contributed by atoms with Crippen LogP contribution in [0.15, 0.2) is 0 Å². The van der Waals surface area contributed by atoms with Gasteiger partial charge in [0.25, 0.3) is 0 Å². The van der Waals surface area contributed by atoms with E-state index in [-0.39, 0.29) is 11.4 Å². The summed E-state index contributed by atoms with van der Waals surface area (Å²) in [5.74, 6) is 1.14. The molecule has 0 saturated heterocycles. The summed E-state index contributed by atoms with van der Waals surface area (Å²) in [6.45, 7) is 2.24. The van der Waals surface area contributed by atoms with Gasteiger partial charge in [0.1, 0.15) is 6.10 Å². The standard InChI is InChI=1S/C11H17ClN4O/c1-7-4-3-5-8(6-7)17-11-15-9(12)14-10(13-2)16-11/h7-8H,3-6H2,1-2H3,(H,13,14,15,16). The lowest BCUT2D eigenvalue weighted by atomic mass is 9.89. The Kier molecular flexibility index (Phi) is 3.99. The molecule has 1 aromatic rings. The third-order valence-corrected chi connectivity index (χ3v) is 3.14. The van der Waals surface area contributed by atoms with Crippen LogP contribution >= 0.6 is 11.6 Å². The Morgan fingerprint density at radius 3 is 2.82 bits per heavy atom.